The second-order valence-electron chi connectivity index (χ2n) is 6.42. The Morgan fingerprint density at radius 1 is 1.25 bits per heavy atom. The van der Waals surface area contributed by atoms with Crippen molar-refractivity contribution in [1.29, 1.82) is 0 Å². The summed E-state index contributed by atoms with van der Waals surface area (Å²) in [5.41, 5.74) is 3.04. The molecule has 1 amide bonds. The lowest BCUT2D eigenvalue weighted by Gasteiger charge is -2.19. The van der Waals surface area contributed by atoms with Gasteiger partial charge in [0.05, 0.1) is 21.6 Å². The highest BCUT2D eigenvalue weighted by Crippen LogP contribution is 2.27. The van der Waals surface area contributed by atoms with Crippen molar-refractivity contribution >= 4 is 61.5 Å². The molecule has 4 rings (SSSR count). The molecule has 8 heteroatoms. The Morgan fingerprint density at radius 2 is 2.07 bits per heavy atom. The average Bonchev–Trinajstić information content (AvgIpc) is 3.30. The number of benzene rings is 1. The SMILES string of the molecule is CCN(Cc1ccc(Br)s1)C(=O)CSc1nnc2cc(C)c3ccccc3n12. The minimum absolute atomic E-state index is 0.102. The molecular weight excluding hydrogens is 456 g/mol. The first-order chi connectivity index (χ1) is 13.6. The number of fused-ring (bicyclic) bond motifs is 3. The highest BCUT2D eigenvalue weighted by Gasteiger charge is 2.17. The first-order valence-corrected chi connectivity index (χ1v) is 11.5. The second kappa shape index (κ2) is 8.23. The minimum Gasteiger partial charge on any atom is -0.337 e. The monoisotopic (exact) mass is 474 g/mol. The van der Waals surface area contributed by atoms with Crippen LogP contribution >= 0.6 is 39.0 Å². The van der Waals surface area contributed by atoms with Gasteiger partial charge in [0.2, 0.25) is 5.91 Å². The quantitative estimate of drug-likeness (QED) is 0.362. The molecule has 0 atom stereocenters. The molecule has 0 spiro atoms. The predicted octanol–water partition coefficient (Wildman–Crippen LogP) is 5.16. The van der Waals surface area contributed by atoms with Gasteiger partial charge in [-0.05, 0) is 59.6 Å². The molecule has 0 saturated carbocycles. The van der Waals surface area contributed by atoms with Crippen molar-refractivity contribution in [3.63, 3.8) is 0 Å². The average molecular weight is 475 g/mol. The van der Waals surface area contributed by atoms with Gasteiger partial charge in [-0.3, -0.25) is 9.20 Å². The van der Waals surface area contributed by atoms with Crippen molar-refractivity contribution in [3.8, 4) is 0 Å². The van der Waals surface area contributed by atoms with Gasteiger partial charge < -0.3 is 4.90 Å². The molecule has 0 aliphatic carbocycles. The summed E-state index contributed by atoms with van der Waals surface area (Å²) in [5.74, 6) is 0.439. The number of aryl methyl sites for hydroxylation is 1. The number of thiophene rings is 1. The molecule has 0 unspecified atom stereocenters. The summed E-state index contributed by atoms with van der Waals surface area (Å²) in [6.45, 7) is 5.40. The van der Waals surface area contributed by atoms with Gasteiger partial charge in [-0.1, -0.05) is 30.0 Å². The highest BCUT2D eigenvalue weighted by molar-refractivity contribution is 9.11. The van der Waals surface area contributed by atoms with Crippen molar-refractivity contribution in [1.82, 2.24) is 19.5 Å². The molecule has 0 radical (unpaired) electrons. The second-order valence-corrected chi connectivity index (χ2v) is 9.91. The lowest BCUT2D eigenvalue weighted by atomic mass is 10.1. The Bertz CT molecular complexity index is 1150. The molecule has 3 heterocycles. The van der Waals surface area contributed by atoms with Gasteiger partial charge in [0.1, 0.15) is 0 Å². The topological polar surface area (TPSA) is 50.5 Å². The van der Waals surface area contributed by atoms with Crippen molar-refractivity contribution in [2.75, 3.05) is 12.3 Å². The fraction of sp³-hybridized carbons (Fsp3) is 0.250. The van der Waals surface area contributed by atoms with Crippen LogP contribution in [-0.2, 0) is 11.3 Å². The van der Waals surface area contributed by atoms with E-state index in [0.717, 1.165) is 20.1 Å². The maximum atomic E-state index is 12.8. The molecule has 0 bridgehead atoms. The number of nitrogens with zero attached hydrogens (tertiary/aromatic N) is 4. The molecule has 0 aliphatic heterocycles. The first-order valence-electron chi connectivity index (χ1n) is 8.95. The van der Waals surface area contributed by atoms with Gasteiger partial charge in [0.25, 0.3) is 0 Å². The smallest absolute Gasteiger partial charge is 0.233 e. The van der Waals surface area contributed by atoms with Gasteiger partial charge in [-0.25, -0.2) is 0 Å². The summed E-state index contributed by atoms with van der Waals surface area (Å²) in [5, 5.41) is 10.6. The number of carbonyl (C=O) groups is 1. The Labute approximate surface area is 179 Å². The van der Waals surface area contributed by atoms with Crippen LogP contribution in [0, 0.1) is 6.92 Å². The number of rotatable bonds is 6. The Balaban J connectivity index is 1.55. The molecule has 0 aliphatic rings. The van der Waals surface area contributed by atoms with Crippen molar-refractivity contribution < 1.29 is 4.79 Å². The van der Waals surface area contributed by atoms with Crippen LogP contribution in [0.3, 0.4) is 0 Å². The maximum absolute atomic E-state index is 12.8. The van der Waals surface area contributed by atoms with Crippen LogP contribution < -0.4 is 0 Å². The maximum Gasteiger partial charge on any atom is 0.233 e. The number of halogens is 1. The van der Waals surface area contributed by atoms with E-state index < -0.39 is 0 Å². The van der Waals surface area contributed by atoms with Gasteiger partial charge in [0.15, 0.2) is 10.8 Å². The molecule has 28 heavy (non-hydrogen) atoms. The molecule has 0 saturated heterocycles. The standard InChI is InChI=1S/C20H19BrN4OS2/c1-3-24(11-14-8-9-17(21)28-14)19(26)12-27-20-23-22-18-10-13(2)15-6-4-5-7-16(15)25(18)20/h4-10H,3,11-12H2,1-2H3. The summed E-state index contributed by atoms with van der Waals surface area (Å²) >= 11 is 6.57. The van der Waals surface area contributed by atoms with Gasteiger partial charge in [-0.15, -0.1) is 21.5 Å². The third-order valence-electron chi connectivity index (χ3n) is 4.61. The number of hydrogen-bond acceptors (Lipinski definition) is 5. The Hall–Kier alpha value is -1.90. The number of amides is 1. The lowest BCUT2D eigenvalue weighted by molar-refractivity contribution is -0.128. The van der Waals surface area contributed by atoms with Crippen LogP contribution in [0.5, 0.6) is 0 Å². The predicted molar refractivity (Wildman–Crippen MR) is 119 cm³/mol. The summed E-state index contributed by atoms with van der Waals surface area (Å²) in [6, 6.07) is 14.3. The fourth-order valence-corrected chi connectivity index (χ4v) is 5.54. The van der Waals surface area contributed by atoms with E-state index in [4.69, 9.17) is 0 Å². The number of carbonyl (C=O) groups excluding carboxylic acids is 1. The van der Waals surface area contributed by atoms with E-state index in [-0.39, 0.29) is 5.91 Å². The third kappa shape index (κ3) is 3.81. The van der Waals surface area contributed by atoms with Crippen molar-refractivity contribution in [2.45, 2.75) is 25.5 Å². The molecule has 1 aromatic carbocycles. The van der Waals surface area contributed by atoms with E-state index in [1.807, 2.05) is 40.5 Å². The van der Waals surface area contributed by atoms with Crippen LogP contribution in [0.4, 0.5) is 0 Å². The zero-order valence-electron chi connectivity index (χ0n) is 15.6. The first kappa shape index (κ1) is 19.4. The van der Waals surface area contributed by atoms with Crippen LogP contribution in [0.25, 0.3) is 16.6 Å². The Kier molecular flexibility index (Phi) is 5.70. The van der Waals surface area contributed by atoms with Crippen LogP contribution in [0.2, 0.25) is 0 Å². The van der Waals surface area contributed by atoms with Gasteiger partial charge in [0, 0.05) is 16.8 Å². The largest absolute Gasteiger partial charge is 0.337 e. The summed E-state index contributed by atoms with van der Waals surface area (Å²) in [6.07, 6.45) is 0. The molecule has 5 nitrogen and oxygen atoms in total. The van der Waals surface area contributed by atoms with Crippen LogP contribution in [-0.4, -0.2) is 37.7 Å². The highest BCUT2D eigenvalue weighted by atomic mass is 79.9. The fourth-order valence-electron chi connectivity index (χ4n) is 3.19. The molecule has 0 fully saturated rings. The number of pyridine rings is 1. The lowest BCUT2D eigenvalue weighted by Crippen LogP contribution is -2.31. The van der Waals surface area contributed by atoms with E-state index in [1.165, 1.54) is 27.6 Å². The van der Waals surface area contributed by atoms with E-state index in [9.17, 15) is 4.79 Å². The normalized spacial score (nSPS) is 11.4. The minimum atomic E-state index is 0.102. The summed E-state index contributed by atoms with van der Waals surface area (Å²) in [4.78, 5) is 15.8. The third-order valence-corrected chi connectivity index (χ3v) is 7.13. The Morgan fingerprint density at radius 3 is 2.82 bits per heavy atom. The molecule has 3 aromatic heterocycles. The van der Waals surface area contributed by atoms with Crippen LogP contribution in [0.1, 0.15) is 17.4 Å². The zero-order chi connectivity index (χ0) is 19.7. The molecular formula is C20H19BrN4OS2. The van der Waals surface area contributed by atoms with Crippen molar-refractivity contribution in [2.24, 2.45) is 0 Å². The number of hydrogen-bond donors (Lipinski definition) is 0. The van der Waals surface area contributed by atoms with Crippen LogP contribution in [0.15, 0.2) is 51.4 Å². The molecule has 144 valence electrons. The number of aromatic nitrogens is 3. The molecule has 0 N–H and O–H groups in total. The van der Waals surface area contributed by atoms with E-state index >= 15 is 0 Å². The zero-order valence-corrected chi connectivity index (χ0v) is 18.8. The van der Waals surface area contributed by atoms with Gasteiger partial charge >= 0.3 is 0 Å². The summed E-state index contributed by atoms with van der Waals surface area (Å²) < 4.78 is 3.12. The van der Waals surface area contributed by atoms with E-state index in [2.05, 4.69) is 51.3 Å². The van der Waals surface area contributed by atoms with E-state index in [0.29, 0.717) is 18.8 Å². The van der Waals surface area contributed by atoms with Crippen molar-refractivity contribution in [3.05, 3.63) is 56.7 Å². The number of thioether (sulfide) groups is 1. The summed E-state index contributed by atoms with van der Waals surface area (Å²) in [7, 11) is 0. The van der Waals surface area contributed by atoms with E-state index in [1.54, 1.807) is 11.3 Å². The molecule has 4 aromatic rings. The number of para-hydroxylation sites is 1. The van der Waals surface area contributed by atoms with Gasteiger partial charge in [-0.2, -0.15) is 0 Å².